The van der Waals surface area contributed by atoms with Crippen molar-refractivity contribution in [1.82, 2.24) is 19.7 Å². The lowest BCUT2D eigenvalue weighted by molar-refractivity contribution is 0.101. The average Bonchev–Trinajstić information content (AvgIpc) is 3.44. The largest absolute Gasteiger partial charge is 0.507 e. The molecule has 5 rings (SSSR count). The van der Waals surface area contributed by atoms with Crippen LogP contribution in [-0.2, 0) is 13.6 Å². The number of anilines is 1. The number of phenolic OH excluding ortho intramolecular Hbond substituents is 1. The summed E-state index contributed by atoms with van der Waals surface area (Å²) in [4.78, 5) is 25.6. The molecule has 0 bridgehead atoms. The summed E-state index contributed by atoms with van der Waals surface area (Å²) in [7, 11) is 1.79. The molecule has 2 amide bonds. The molecular formula is C28H29N5O3. The topological polar surface area (TPSA) is 101 Å². The summed E-state index contributed by atoms with van der Waals surface area (Å²) in [5.41, 5.74) is 5.00. The summed E-state index contributed by atoms with van der Waals surface area (Å²) < 4.78 is 3.16. The van der Waals surface area contributed by atoms with Crippen LogP contribution in [0.15, 0.2) is 66.9 Å². The molecule has 4 aromatic rings. The van der Waals surface area contributed by atoms with Gasteiger partial charge in [-0.2, -0.15) is 9.78 Å². The monoisotopic (exact) mass is 483 g/mol. The van der Waals surface area contributed by atoms with Crippen molar-refractivity contribution in [2.75, 3.05) is 5.32 Å². The molecule has 0 saturated heterocycles. The van der Waals surface area contributed by atoms with E-state index in [0.717, 1.165) is 36.1 Å². The number of nitrogens with one attached hydrogen (secondary N) is 2. The first-order chi connectivity index (χ1) is 17.4. The predicted octanol–water partition coefficient (Wildman–Crippen LogP) is 5.18. The lowest BCUT2D eigenvalue weighted by Crippen LogP contribution is -2.31. The molecule has 8 nitrogen and oxygen atoms in total. The first kappa shape index (κ1) is 23.4. The van der Waals surface area contributed by atoms with Gasteiger partial charge in [0.25, 0.3) is 5.91 Å². The summed E-state index contributed by atoms with van der Waals surface area (Å²) in [6.07, 6.45) is 4.93. The van der Waals surface area contributed by atoms with Crippen LogP contribution in [0.25, 0.3) is 11.3 Å². The minimum atomic E-state index is -0.294. The number of nitrogens with zero attached hydrogens (tertiary/aromatic N) is 3. The van der Waals surface area contributed by atoms with E-state index in [0.29, 0.717) is 29.2 Å². The van der Waals surface area contributed by atoms with Gasteiger partial charge in [-0.1, -0.05) is 30.7 Å². The molecular weight excluding hydrogens is 454 g/mol. The average molecular weight is 484 g/mol. The second kappa shape index (κ2) is 9.73. The van der Waals surface area contributed by atoms with E-state index < -0.39 is 0 Å². The number of carbonyl (C=O) groups is 2. The highest BCUT2D eigenvalue weighted by molar-refractivity contribution is 6.03. The quantitative estimate of drug-likeness (QED) is 0.352. The normalized spacial score (nSPS) is 13.3. The Morgan fingerprint density at radius 3 is 2.56 bits per heavy atom. The number of hydrogen-bond donors (Lipinski definition) is 3. The maximum Gasteiger partial charge on any atom is 0.342 e. The number of amides is 2. The third-order valence-corrected chi connectivity index (χ3v) is 6.85. The van der Waals surface area contributed by atoms with Crippen molar-refractivity contribution in [3.05, 3.63) is 89.4 Å². The van der Waals surface area contributed by atoms with Crippen LogP contribution < -0.4 is 10.6 Å². The van der Waals surface area contributed by atoms with Crippen LogP contribution in [0.2, 0.25) is 0 Å². The van der Waals surface area contributed by atoms with Gasteiger partial charge in [0.2, 0.25) is 0 Å². The highest BCUT2D eigenvalue weighted by Crippen LogP contribution is 2.39. The smallest absolute Gasteiger partial charge is 0.342 e. The molecule has 36 heavy (non-hydrogen) atoms. The number of benzene rings is 2. The van der Waals surface area contributed by atoms with Crippen molar-refractivity contribution in [3.63, 3.8) is 0 Å². The molecule has 0 radical (unpaired) electrons. The lowest BCUT2D eigenvalue weighted by atomic mass is 9.82. The van der Waals surface area contributed by atoms with Crippen molar-refractivity contribution in [1.29, 1.82) is 0 Å². The zero-order chi connectivity index (χ0) is 25.2. The summed E-state index contributed by atoms with van der Waals surface area (Å²) in [6, 6.07) is 18.0. The standard InChI is InChI=1S/C28H29N5O3/c1-18-7-3-4-8-20(18)17-29-28(36)33-25(19-9-5-10-19)16-23(31-33)22-13-12-21(15-26(22)34)30-27(35)24-11-6-14-32(24)2/h3-4,6-8,11-16,19,34H,5,9-10,17H2,1-2H3,(H,29,36)(H,30,35). The van der Waals surface area contributed by atoms with E-state index in [4.69, 9.17) is 0 Å². The third kappa shape index (κ3) is 4.62. The molecule has 2 aromatic carbocycles. The summed E-state index contributed by atoms with van der Waals surface area (Å²) in [5, 5.41) is 21.1. The fourth-order valence-corrected chi connectivity index (χ4v) is 4.46. The second-order valence-corrected chi connectivity index (χ2v) is 9.27. The highest BCUT2D eigenvalue weighted by Gasteiger charge is 2.27. The number of aromatic hydroxyl groups is 1. The third-order valence-electron chi connectivity index (χ3n) is 6.85. The Balaban J connectivity index is 1.37. The molecule has 2 aromatic heterocycles. The van der Waals surface area contributed by atoms with Crippen molar-refractivity contribution in [3.8, 4) is 17.0 Å². The van der Waals surface area contributed by atoms with Gasteiger partial charge >= 0.3 is 6.03 Å². The second-order valence-electron chi connectivity index (χ2n) is 9.27. The molecule has 1 fully saturated rings. The van der Waals surface area contributed by atoms with Crippen molar-refractivity contribution in [2.45, 2.75) is 38.6 Å². The van der Waals surface area contributed by atoms with Crippen LogP contribution >= 0.6 is 0 Å². The maximum absolute atomic E-state index is 13.1. The molecule has 1 aliphatic rings. The zero-order valence-electron chi connectivity index (χ0n) is 20.4. The van der Waals surface area contributed by atoms with Gasteiger partial charge in [-0.25, -0.2) is 4.79 Å². The van der Waals surface area contributed by atoms with E-state index in [-0.39, 0.29) is 23.6 Å². The molecule has 0 atom stereocenters. The first-order valence-corrected chi connectivity index (χ1v) is 12.1. The molecule has 0 spiro atoms. The molecule has 3 N–H and O–H groups in total. The van der Waals surface area contributed by atoms with Gasteiger partial charge in [0.05, 0.1) is 11.4 Å². The molecule has 0 aliphatic heterocycles. The highest BCUT2D eigenvalue weighted by atomic mass is 16.3. The molecule has 184 valence electrons. The van der Waals surface area contributed by atoms with E-state index >= 15 is 0 Å². The van der Waals surface area contributed by atoms with Crippen LogP contribution in [0.3, 0.4) is 0 Å². The summed E-state index contributed by atoms with van der Waals surface area (Å²) >= 11 is 0. The number of aryl methyl sites for hydroxylation is 2. The van der Waals surface area contributed by atoms with Crippen molar-refractivity contribution in [2.24, 2.45) is 7.05 Å². The summed E-state index contributed by atoms with van der Waals surface area (Å²) in [5.74, 6) is -0.0252. The molecule has 1 aliphatic carbocycles. The Labute approximate surface area is 209 Å². The van der Waals surface area contributed by atoms with Gasteiger partial charge in [0.1, 0.15) is 11.4 Å². The SMILES string of the molecule is Cc1ccccc1CNC(=O)n1nc(-c2ccc(NC(=O)c3cccn3C)cc2O)cc1C1CCC1. The minimum absolute atomic E-state index is 0.0233. The Morgan fingerprint density at radius 2 is 1.89 bits per heavy atom. The van der Waals surface area contributed by atoms with E-state index in [9.17, 15) is 14.7 Å². The fraction of sp³-hybridized carbons (Fsp3) is 0.250. The lowest BCUT2D eigenvalue weighted by Gasteiger charge is -2.25. The number of hydrogen-bond acceptors (Lipinski definition) is 4. The van der Waals surface area contributed by atoms with Crippen LogP contribution in [0.1, 0.15) is 52.5 Å². The number of rotatable bonds is 6. The molecule has 2 heterocycles. The maximum atomic E-state index is 13.1. The van der Waals surface area contributed by atoms with E-state index in [2.05, 4.69) is 15.7 Å². The van der Waals surface area contributed by atoms with Crippen LogP contribution in [-0.4, -0.2) is 31.4 Å². The van der Waals surface area contributed by atoms with E-state index in [1.54, 1.807) is 42.1 Å². The van der Waals surface area contributed by atoms with Crippen LogP contribution in [0.4, 0.5) is 10.5 Å². The van der Waals surface area contributed by atoms with Crippen LogP contribution in [0, 0.1) is 6.92 Å². The minimum Gasteiger partial charge on any atom is -0.507 e. The molecule has 0 unspecified atom stereocenters. The van der Waals surface area contributed by atoms with E-state index in [1.807, 2.05) is 37.3 Å². The first-order valence-electron chi connectivity index (χ1n) is 12.1. The Kier molecular flexibility index (Phi) is 6.33. The van der Waals surface area contributed by atoms with Gasteiger partial charge in [0, 0.05) is 43.0 Å². The van der Waals surface area contributed by atoms with Crippen molar-refractivity contribution >= 4 is 17.6 Å². The van der Waals surface area contributed by atoms with Gasteiger partial charge in [-0.15, -0.1) is 0 Å². The van der Waals surface area contributed by atoms with E-state index in [1.165, 1.54) is 10.7 Å². The number of carbonyl (C=O) groups excluding carboxylic acids is 2. The fourth-order valence-electron chi connectivity index (χ4n) is 4.46. The number of phenols is 1. The Hall–Kier alpha value is -4.33. The van der Waals surface area contributed by atoms with Gasteiger partial charge in [0.15, 0.2) is 0 Å². The summed E-state index contributed by atoms with van der Waals surface area (Å²) in [6.45, 7) is 2.42. The van der Waals surface area contributed by atoms with Gasteiger partial charge < -0.3 is 20.3 Å². The van der Waals surface area contributed by atoms with Crippen molar-refractivity contribution < 1.29 is 14.7 Å². The Bertz CT molecular complexity index is 1430. The molecule has 8 heteroatoms. The van der Waals surface area contributed by atoms with Crippen LogP contribution in [0.5, 0.6) is 5.75 Å². The number of aromatic nitrogens is 3. The Morgan fingerprint density at radius 1 is 1.08 bits per heavy atom. The van der Waals surface area contributed by atoms with Gasteiger partial charge in [-0.3, -0.25) is 4.79 Å². The zero-order valence-corrected chi connectivity index (χ0v) is 20.4. The van der Waals surface area contributed by atoms with Gasteiger partial charge in [-0.05, 0) is 61.2 Å². The predicted molar refractivity (Wildman–Crippen MR) is 138 cm³/mol. The molecule has 1 saturated carbocycles.